The Balaban J connectivity index is 1.22. The summed E-state index contributed by atoms with van der Waals surface area (Å²) in [7, 11) is 0. The molecule has 0 radical (unpaired) electrons. The molecule has 0 aromatic carbocycles. The van der Waals surface area contributed by atoms with Gasteiger partial charge in [-0.05, 0) is 108 Å². The number of hydrogen-bond acceptors (Lipinski definition) is 1. The minimum atomic E-state index is 0.139. The van der Waals surface area contributed by atoms with E-state index in [-0.39, 0.29) is 11.0 Å². The maximum Gasteiger partial charge on any atom is 0.263 e. The highest BCUT2D eigenvalue weighted by Crippen LogP contribution is 2.56. The van der Waals surface area contributed by atoms with Gasteiger partial charge in [0.1, 0.15) is 0 Å². The standard InChI is InChI=1S/C34H35NO/c1-34(2)30-13-7-5-10-26(30)29-21-23(17-20-31(29)34)22-15-18-24(19-16-22)35-32-14-8-6-11-27(32)25-9-3-4-12-28(25)33(35)36/h4,7-8,12-15,17-19,21-22,31H,3,5-6,9-11,16,20H2,1-2H3. The average molecular weight is 474 g/mol. The third kappa shape index (κ3) is 3.19. The van der Waals surface area contributed by atoms with E-state index in [2.05, 4.69) is 80.7 Å². The minimum absolute atomic E-state index is 0.139. The summed E-state index contributed by atoms with van der Waals surface area (Å²) in [5, 5.41) is 0. The van der Waals surface area contributed by atoms with Crippen LogP contribution in [0.25, 0.3) is 17.8 Å². The van der Waals surface area contributed by atoms with Crippen LogP contribution < -0.4 is 5.56 Å². The molecule has 182 valence electrons. The van der Waals surface area contributed by atoms with Gasteiger partial charge >= 0.3 is 0 Å². The molecule has 2 nitrogen and oxygen atoms in total. The number of allylic oxidation sites excluding steroid dienone is 14. The summed E-state index contributed by atoms with van der Waals surface area (Å²) >= 11 is 0. The first-order valence-corrected chi connectivity index (χ1v) is 13.9. The highest BCUT2D eigenvalue weighted by atomic mass is 16.1. The van der Waals surface area contributed by atoms with Crippen LogP contribution in [-0.2, 0) is 12.8 Å². The maximum absolute atomic E-state index is 13.7. The Kier molecular flexibility index (Phi) is 5.03. The van der Waals surface area contributed by atoms with Gasteiger partial charge in [-0.1, -0.05) is 68.5 Å². The van der Waals surface area contributed by atoms with E-state index in [1.54, 1.807) is 16.7 Å². The lowest BCUT2D eigenvalue weighted by Gasteiger charge is -2.33. The fraction of sp³-hybridized carbons (Fsp3) is 0.382. The summed E-state index contributed by atoms with van der Waals surface area (Å²) in [4.78, 5) is 13.7. The number of aromatic nitrogens is 1. The molecule has 2 atom stereocenters. The van der Waals surface area contributed by atoms with Crippen molar-refractivity contribution in [1.82, 2.24) is 4.57 Å². The first-order valence-electron chi connectivity index (χ1n) is 13.9. The molecule has 6 aliphatic carbocycles. The molecule has 6 aliphatic rings. The molecule has 2 heteroatoms. The van der Waals surface area contributed by atoms with Gasteiger partial charge in [-0.25, -0.2) is 0 Å². The Bertz CT molecular complexity index is 1470. The topological polar surface area (TPSA) is 22.0 Å². The first-order chi connectivity index (χ1) is 17.5. The maximum atomic E-state index is 13.7. The van der Waals surface area contributed by atoms with Crippen LogP contribution in [0.2, 0.25) is 0 Å². The largest absolute Gasteiger partial charge is 0.277 e. The average Bonchev–Trinajstić information content (AvgIpc) is 3.16. The summed E-state index contributed by atoms with van der Waals surface area (Å²) in [6, 6.07) is 0. The zero-order chi connectivity index (χ0) is 24.4. The SMILES string of the molecule is CC1(C)C2=C(CCC=C2)C2=CC(C3C=CC(n4c5c(c6c(c4=O)C=CCC6)CCC=C5)=CC3)=CCC21. The number of nitrogens with zero attached hydrogens (tertiary/aromatic N) is 1. The van der Waals surface area contributed by atoms with E-state index in [9.17, 15) is 4.79 Å². The van der Waals surface area contributed by atoms with Gasteiger partial charge in [0, 0.05) is 17.2 Å². The van der Waals surface area contributed by atoms with Gasteiger partial charge in [0.15, 0.2) is 0 Å². The molecular weight excluding hydrogens is 438 g/mol. The van der Waals surface area contributed by atoms with E-state index < -0.39 is 0 Å². The molecule has 36 heavy (non-hydrogen) atoms. The van der Waals surface area contributed by atoms with Crippen LogP contribution in [0.15, 0.2) is 81.8 Å². The van der Waals surface area contributed by atoms with Crippen molar-refractivity contribution in [3.05, 3.63) is 110 Å². The number of pyridine rings is 1. The smallest absolute Gasteiger partial charge is 0.263 e. The molecule has 1 heterocycles. The van der Waals surface area contributed by atoms with Crippen molar-refractivity contribution in [3.63, 3.8) is 0 Å². The van der Waals surface area contributed by atoms with Crippen molar-refractivity contribution >= 4 is 17.8 Å². The van der Waals surface area contributed by atoms with Crippen LogP contribution in [0.3, 0.4) is 0 Å². The van der Waals surface area contributed by atoms with E-state index in [0.29, 0.717) is 11.8 Å². The van der Waals surface area contributed by atoms with E-state index in [0.717, 1.165) is 61.9 Å². The first kappa shape index (κ1) is 22.1. The van der Waals surface area contributed by atoms with Gasteiger partial charge in [-0.3, -0.25) is 9.36 Å². The molecule has 1 aromatic heterocycles. The molecule has 0 N–H and O–H groups in total. The number of fused-ring (bicyclic) bond motifs is 5. The summed E-state index contributed by atoms with van der Waals surface area (Å²) in [5.74, 6) is 0.988. The Hall–Kier alpha value is -3.13. The van der Waals surface area contributed by atoms with Crippen molar-refractivity contribution < 1.29 is 0 Å². The summed E-state index contributed by atoms with van der Waals surface area (Å²) in [5.41, 5.74) is 12.3. The van der Waals surface area contributed by atoms with Gasteiger partial charge in [-0.2, -0.15) is 0 Å². The third-order valence-corrected chi connectivity index (χ3v) is 9.49. The lowest BCUT2D eigenvalue weighted by molar-refractivity contribution is 0.334. The molecule has 0 amide bonds. The predicted octanol–water partition coefficient (Wildman–Crippen LogP) is 7.74. The molecule has 0 saturated heterocycles. The summed E-state index contributed by atoms with van der Waals surface area (Å²) < 4.78 is 1.99. The van der Waals surface area contributed by atoms with Crippen LogP contribution >= 0.6 is 0 Å². The van der Waals surface area contributed by atoms with Gasteiger partial charge in [0.2, 0.25) is 0 Å². The summed E-state index contributed by atoms with van der Waals surface area (Å²) in [6.07, 6.45) is 33.8. The normalized spacial score (nSPS) is 27.1. The second-order valence-corrected chi connectivity index (χ2v) is 11.8. The van der Waals surface area contributed by atoms with E-state index in [1.807, 2.05) is 4.57 Å². The summed E-state index contributed by atoms with van der Waals surface area (Å²) in [6.45, 7) is 4.86. The Morgan fingerprint density at radius 3 is 2.47 bits per heavy atom. The van der Waals surface area contributed by atoms with Crippen LogP contribution in [0, 0.1) is 17.3 Å². The lowest BCUT2D eigenvalue weighted by Crippen LogP contribution is -2.29. The molecule has 1 aromatic rings. The van der Waals surface area contributed by atoms with Crippen LogP contribution in [0.4, 0.5) is 0 Å². The Labute approximate surface area is 214 Å². The highest BCUT2D eigenvalue weighted by molar-refractivity contribution is 5.71. The monoisotopic (exact) mass is 473 g/mol. The second-order valence-electron chi connectivity index (χ2n) is 11.8. The molecule has 0 aliphatic heterocycles. The Morgan fingerprint density at radius 1 is 0.861 bits per heavy atom. The Morgan fingerprint density at radius 2 is 1.64 bits per heavy atom. The third-order valence-electron chi connectivity index (χ3n) is 9.49. The quantitative estimate of drug-likeness (QED) is 0.430. The molecular formula is C34H35NO. The number of hydrogen-bond donors (Lipinski definition) is 0. The predicted molar refractivity (Wildman–Crippen MR) is 150 cm³/mol. The number of rotatable bonds is 2. The molecule has 0 bridgehead atoms. The molecule has 2 unspecified atom stereocenters. The molecule has 7 rings (SSSR count). The zero-order valence-electron chi connectivity index (χ0n) is 21.5. The molecule has 0 spiro atoms. The van der Waals surface area contributed by atoms with Gasteiger partial charge in [0.25, 0.3) is 5.56 Å². The van der Waals surface area contributed by atoms with Crippen molar-refractivity contribution in [2.45, 2.75) is 65.2 Å². The van der Waals surface area contributed by atoms with Crippen molar-refractivity contribution in [2.75, 3.05) is 0 Å². The minimum Gasteiger partial charge on any atom is -0.277 e. The second kappa shape index (κ2) is 8.20. The van der Waals surface area contributed by atoms with Crippen molar-refractivity contribution in [1.29, 1.82) is 0 Å². The van der Waals surface area contributed by atoms with Crippen molar-refractivity contribution in [3.8, 4) is 0 Å². The van der Waals surface area contributed by atoms with Gasteiger partial charge in [-0.15, -0.1) is 0 Å². The highest BCUT2D eigenvalue weighted by Gasteiger charge is 2.44. The van der Waals surface area contributed by atoms with Crippen LogP contribution in [-0.4, -0.2) is 4.57 Å². The van der Waals surface area contributed by atoms with E-state index in [1.165, 1.54) is 23.1 Å². The fourth-order valence-corrected chi connectivity index (χ4v) is 7.57. The zero-order valence-corrected chi connectivity index (χ0v) is 21.5. The molecule has 0 saturated carbocycles. The van der Waals surface area contributed by atoms with E-state index in [4.69, 9.17) is 0 Å². The van der Waals surface area contributed by atoms with Crippen molar-refractivity contribution in [2.24, 2.45) is 17.3 Å². The fourth-order valence-electron chi connectivity index (χ4n) is 7.57. The lowest BCUT2D eigenvalue weighted by atomic mass is 9.71. The van der Waals surface area contributed by atoms with Crippen LogP contribution in [0.5, 0.6) is 0 Å². The van der Waals surface area contributed by atoms with Gasteiger partial charge in [0.05, 0.1) is 5.69 Å². The van der Waals surface area contributed by atoms with Gasteiger partial charge < -0.3 is 0 Å². The molecule has 0 fully saturated rings. The van der Waals surface area contributed by atoms with E-state index >= 15 is 0 Å². The van der Waals surface area contributed by atoms with Crippen LogP contribution in [0.1, 0.15) is 74.8 Å².